The van der Waals surface area contributed by atoms with Gasteiger partial charge < -0.3 is 10.5 Å². The Bertz CT molecular complexity index is 353. The average Bonchev–Trinajstić information content (AvgIpc) is 2.24. The number of halogens is 2. The van der Waals surface area contributed by atoms with Crippen LogP contribution in [0.25, 0.3) is 0 Å². The predicted molar refractivity (Wildman–Crippen MR) is 59.3 cm³/mol. The second-order valence-corrected chi connectivity index (χ2v) is 4.52. The van der Waals surface area contributed by atoms with Gasteiger partial charge in [0, 0.05) is 0 Å². The highest BCUT2D eigenvalue weighted by Gasteiger charge is 2.16. The van der Waals surface area contributed by atoms with E-state index < -0.39 is 11.6 Å². The Hall–Kier alpha value is -1.16. The Morgan fingerprint density at radius 3 is 2.62 bits per heavy atom. The lowest BCUT2D eigenvalue weighted by Crippen LogP contribution is -2.25. The van der Waals surface area contributed by atoms with Crippen LogP contribution in [0, 0.1) is 17.0 Å². The molecule has 0 bridgehead atoms. The van der Waals surface area contributed by atoms with Crippen LogP contribution in [0.3, 0.4) is 0 Å². The van der Waals surface area contributed by atoms with Crippen molar-refractivity contribution >= 4 is 0 Å². The second-order valence-electron chi connectivity index (χ2n) is 4.52. The van der Waals surface area contributed by atoms with Crippen molar-refractivity contribution in [3.05, 3.63) is 29.8 Å². The van der Waals surface area contributed by atoms with E-state index in [1.165, 1.54) is 12.1 Å². The largest absolute Gasteiger partial charge is 0.490 e. The molecule has 0 fully saturated rings. The molecule has 16 heavy (non-hydrogen) atoms. The Labute approximate surface area is 94.4 Å². The number of hydrogen-bond acceptors (Lipinski definition) is 2. The van der Waals surface area contributed by atoms with E-state index in [0.717, 1.165) is 6.07 Å². The molecule has 0 aliphatic carbocycles. The molecule has 0 unspecified atom stereocenters. The summed E-state index contributed by atoms with van der Waals surface area (Å²) in [6.07, 6.45) is 0.694. The lowest BCUT2D eigenvalue weighted by atomic mass is 9.90. The maximum Gasteiger partial charge on any atom is 0.200 e. The summed E-state index contributed by atoms with van der Waals surface area (Å²) in [7, 11) is 0. The molecule has 0 saturated heterocycles. The van der Waals surface area contributed by atoms with E-state index in [2.05, 4.69) is 0 Å². The van der Waals surface area contributed by atoms with E-state index in [-0.39, 0.29) is 11.2 Å². The maximum atomic E-state index is 13.2. The molecule has 0 saturated carbocycles. The molecular formula is C12H17F2NO. The summed E-state index contributed by atoms with van der Waals surface area (Å²) in [5.41, 5.74) is 5.50. The molecule has 90 valence electrons. The summed E-state index contributed by atoms with van der Waals surface area (Å²) in [5.74, 6) is -1.88. The van der Waals surface area contributed by atoms with Crippen LogP contribution in [0.15, 0.2) is 18.2 Å². The fourth-order valence-electron chi connectivity index (χ4n) is 1.13. The van der Waals surface area contributed by atoms with E-state index in [1.807, 2.05) is 13.8 Å². The molecule has 1 aromatic rings. The number of rotatable bonds is 5. The van der Waals surface area contributed by atoms with Crippen LogP contribution in [0.4, 0.5) is 8.78 Å². The standard InChI is InChI=1S/C12H17F2NO/c1-12(2,8-15)6-7-16-10-5-3-4-9(13)11(10)14/h3-5H,6-8,15H2,1-2H3. The minimum absolute atomic E-state index is 0.0483. The molecule has 1 aromatic carbocycles. The Morgan fingerprint density at radius 2 is 2.00 bits per heavy atom. The Kier molecular flexibility index (Phi) is 4.24. The molecule has 4 heteroatoms. The van der Waals surface area contributed by atoms with Gasteiger partial charge in [-0.05, 0) is 30.5 Å². The first-order chi connectivity index (χ1) is 7.46. The van der Waals surface area contributed by atoms with E-state index >= 15 is 0 Å². The molecule has 0 radical (unpaired) electrons. The first-order valence-electron chi connectivity index (χ1n) is 5.23. The van der Waals surface area contributed by atoms with Crippen molar-refractivity contribution < 1.29 is 13.5 Å². The summed E-state index contributed by atoms with van der Waals surface area (Å²) in [5, 5.41) is 0. The van der Waals surface area contributed by atoms with Crippen LogP contribution in [0.1, 0.15) is 20.3 Å². The lowest BCUT2D eigenvalue weighted by molar-refractivity contribution is 0.224. The molecule has 0 aromatic heterocycles. The molecule has 0 amide bonds. The average molecular weight is 229 g/mol. The molecule has 0 aliphatic heterocycles. The van der Waals surface area contributed by atoms with Gasteiger partial charge in [-0.2, -0.15) is 4.39 Å². The third-order valence-electron chi connectivity index (χ3n) is 2.51. The molecule has 0 spiro atoms. The molecular weight excluding hydrogens is 212 g/mol. The molecule has 2 nitrogen and oxygen atoms in total. The molecule has 0 aliphatic rings. The van der Waals surface area contributed by atoms with Gasteiger partial charge in [-0.1, -0.05) is 19.9 Å². The minimum Gasteiger partial charge on any atom is -0.490 e. The number of benzene rings is 1. The summed E-state index contributed by atoms with van der Waals surface area (Å²) < 4.78 is 31.2. The first kappa shape index (κ1) is 12.9. The van der Waals surface area contributed by atoms with Crippen molar-refractivity contribution in [2.75, 3.05) is 13.2 Å². The number of ether oxygens (including phenoxy) is 1. The topological polar surface area (TPSA) is 35.2 Å². The van der Waals surface area contributed by atoms with Crippen LogP contribution in [-0.2, 0) is 0 Å². The van der Waals surface area contributed by atoms with Crippen LogP contribution < -0.4 is 10.5 Å². The second kappa shape index (κ2) is 5.25. The summed E-state index contributed by atoms with van der Waals surface area (Å²) >= 11 is 0. The van der Waals surface area contributed by atoms with Gasteiger partial charge in [-0.25, -0.2) is 4.39 Å². The molecule has 0 atom stereocenters. The van der Waals surface area contributed by atoms with Gasteiger partial charge in [0.2, 0.25) is 5.82 Å². The zero-order chi connectivity index (χ0) is 12.2. The number of hydrogen-bond donors (Lipinski definition) is 1. The van der Waals surface area contributed by atoms with Crippen molar-refractivity contribution in [1.82, 2.24) is 0 Å². The van der Waals surface area contributed by atoms with Crippen molar-refractivity contribution in [1.29, 1.82) is 0 Å². The molecule has 2 N–H and O–H groups in total. The Balaban J connectivity index is 2.53. The van der Waals surface area contributed by atoms with Crippen molar-refractivity contribution in [2.24, 2.45) is 11.1 Å². The third kappa shape index (κ3) is 3.45. The van der Waals surface area contributed by atoms with Gasteiger partial charge in [0.15, 0.2) is 11.6 Å². The number of nitrogens with two attached hydrogens (primary N) is 1. The van der Waals surface area contributed by atoms with Gasteiger partial charge in [0.1, 0.15) is 0 Å². The highest BCUT2D eigenvalue weighted by molar-refractivity contribution is 5.24. The van der Waals surface area contributed by atoms with E-state index in [9.17, 15) is 8.78 Å². The quantitative estimate of drug-likeness (QED) is 0.842. The maximum absolute atomic E-state index is 13.2. The van der Waals surface area contributed by atoms with Gasteiger partial charge in [0.05, 0.1) is 6.61 Å². The van der Waals surface area contributed by atoms with E-state index in [0.29, 0.717) is 19.6 Å². The summed E-state index contributed by atoms with van der Waals surface area (Å²) in [4.78, 5) is 0. The smallest absolute Gasteiger partial charge is 0.200 e. The molecule has 0 heterocycles. The SMILES string of the molecule is CC(C)(CN)CCOc1cccc(F)c1F. The van der Waals surface area contributed by atoms with Crippen molar-refractivity contribution in [3.8, 4) is 5.75 Å². The fourth-order valence-corrected chi connectivity index (χ4v) is 1.13. The first-order valence-corrected chi connectivity index (χ1v) is 5.23. The normalized spacial score (nSPS) is 11.6. The zero-order valence-electron chi connectivity index (χ0n) is 9.59. The fraction of sp³-hybridized carbons (Fsp3) is 0.500. The predicted octanol–water partition coefficient (Wildman–Crippen LogP) is 2.72. The van der Waals surface area contributed by atoms with Gasteiger partial charge in [0.25, 0.3) is 0 Å². The highest BCUT2D eigenvalue weighted by atomic mass is 19.2. The van der Waals surface area contributed by atoms with Crippen LogP contribution >= 0.6 is 0 Å². The lowest BCUT2D eigenvalue weighted by Gasteiger charge is -2.22. The Morgan fingerprint density at radius 1 is 1.31 bits per heavy atom. The van der Waals surface area contributed by atoms with Crippen LogP contribution in [0.2, 0.25) is 0 Å². The van der Waals surface area contributed by atoms with Crippen LogP contribution in [0.5, 0.6) is 5.75 Å². The summed E-state index contributed by atoms with van der Waals surface area (Å²) in [6.45, 7) is 4.85. The van der Waals surface area contributed by atoms with Gasteiger partial charge >= 0.3 is 0 Å². The minimum atomic E-state index is -0.937. The van der Waals surface area contributed by atoms with Gasteiger partial charge in [-0.3, -0.25) is 0 Å². The summed E-state index contributed by atoms with van der Waals surface area (Å²) in [6, 6.07) is 3.89. The third-order valence-corrected chi connectivity index (χ3v) is 2.51. The van der Waals surface area contributed by atoms with Crippen LogP contribution in [-0.4, -0.2) is 13.2 Å². The van der Waals surface area contributed by atoms with E-state index in [4.69, 9.17) is 10.5 Å². The van der Waals surface area contributed by atoms with Crippen molar-refractivity contribution in [2.45, 2.75) is 20.3 Å². The highest BCUT2D eigenvalue weighted by Crippen LogP contribution is 2.22. The van der Waals surface area contributed by atoms with E-state index in [1.54, 1.807) is 0 Å². The molecule has 1 rings (SSSR count). The van der Waals surface area contributed by atoms with Crippen molar-refractivity contribution in [3.63, 3.8) is 0 Å². The monoisotopic (exact) mass is 229 g/mol. The zero-order valence-corrected chi connectivity index (χ0v) is 9.59. The van der Waals surface area contributed by atoms with Gasteiger partial charge in [-0.15, -0.1) is 0 Å².